The third-order valence-electron chi connectivity index (χ3n) is 3.99. The van der Waals surface area contributed by atoms with Gasteiger partial charge in [0.1, 0.15) is 0 Å². The van der Waals surface area contributed by atoms with Crippen LogP contribution < -0.4 is 14.8 Å². The van der Waals surface area contributed by atoms with Crippen LogP contribution in [0.25, 0.3) is 0 Å². The SMILES string of the molecule is OC(CNC1CCCCC1)c1ccc2c(c1)OCO2. The molecule has 4 heteroatoms. The normalized spacial score (nSPS) is 20.5. The molecule has 1 aromatic rings. The number of benzene rings is 1. The number of nitrogens with one attached hydrogen (secondary N) is 1. The molecule has 0 radical (unpaired) electrons. The van der Waals surface area contributed by atoms with Crippen LogP contribution in [0.3, 0.4) is 0 Å². The predicted octanol–water partition coefficient (Wildman–Crippen LogP) is 2.37. The largest absolute Gasteiger partial charge is 0.454 e. The molecule has 1 atom stereocenters. The first-order valence-electron chi connectivity index (χ1n) is 7.14. The van der Waals surface area contributed by atoms with E-state index in [0.717, 1.165) is 17.1 Å². The number of fused-ring (bicyclic) bond motifs is 1. The van der Waals surface area contributed by atoms with Gasteiger partial charge in [0.25, 0.3) is 0 Å². The Bertz CT molecular complexity index is 429. The van der Waals surface area contributed by atoms with Gasteiger partial charge in [-0.3, -0.25) is 0 Å². The molecule has 0 aromatic heterocycles. The maximum atomic E-state index is 10.2. The summed E-state index contributed by atoms with van der Waals surface area (Å²) < 4.78 is 10.6. The molecular formula is C15H21NO3. The summed E-state index contributed by atoms with van der Waals surface area (Å²) in [7, 11) is 0. The fourth-order valence-electron chi connectivity index (χ4n) is 2.82. The van der Waals surface area contributed by atoms with Crippen LogP contribution in [0.5, 0.6) is 11.5 Å². The van der Waals surface area contributed by atoms with Crippen LogP contribution in [0.4, 0.5) is 0 Å². The minimum absolute atomic E-state index is 0.273. The van der Waals surface area contributed by atoms with Crippen molar-refractivity contribution in [1.82, 2.24) is 5.32 Å². The zero-order valence-electron chi connectivity index (χ0n) is 11.1. The van der Waals surface area contributed by atoms with Crippen molar-refractivity contribution in [2.24, 2.45) is 0 Å². The summed E-state index contributed by atoms with van der Waals surface area (Å²) in [6.07, 6.45) is 5.93. The lowest BCUT2D eigenvalue weighted by atomic mass is 9.95. The second-order valence-corrected chi connectivity index (χ2v) is 5.37. The maximum Gasteiger partial charge on any atom is 0.231 e. The molecule has 1 aromatic carbocycles. The van der Waals surface area contributed by atoms with Crippen molar-refractivity contribution in [3.63, 3.8) is 0 Å². The molecule has 19 heavy (non-hydrogen) atoms. The number of aliphatic hydroxyl groups excluding tert-OH is 1. The average Bonchev–Trinajstić information content (AvgIpc) is 2.93. The van der Waals surface area contributed by atoms with Gasteiger partial charge in [0.15, 0.2) is 11.5 Å². The highest BCUT2D eigenvalue weighted by Gasteiger charge is 2.18. The van der Waals surface area contributed by atoms with E-state index in [1.54, 1.807) is 0 Å². The van der Waals surface area contributed by atoms with Gasteiger partial charge in [-0.25, -0.2) is 0 Å². The quantitative estimate of drug-likeness (QED) is 0.875. The van der Waals surface area contributed by atoms with Crippen molar-refractivity contribution in [1.29, 1.82) is 0 Å². The van der Waals surface area contributed by atoms with Gasteiger partial charge in [-0.05, 0) is 30.5 Å². The summed E-state index contributed by atoms with van der Waals surface area (Å²) in [6.45, 7) is 0.875. The molecule has 2 N–H and O–H groups in total. The molecule has 0 spiro atoms. The molecule has 0 bridgehead atoms. The highest BCUT2D eigenvalue weighted by Crippen LogP contribution is 2.34. The smallest absolute Gasteiger partial charge is 0.231 e. The van der Waals surface area contributed by atoms with E-state index < -0.39 is 6.10 Å². The van der Waals surface area contributed by atoms with Crippen LogP contribution in [0.1, 0.15) is 43.8 Å². The van der Waals surface area contributed by atoms with Gasteiger partial charge in [-0.15, -0.1) is 0 Å². The summed E-state index contributed by atoms with van der Waals surface area (Å²) in [4.78, 5) is 0. The summed E-state index contributed by atoms with van der Waals surface area (Å²) in [6, 6.07) is 6.20. The highest BCUT2D eigenvalue weighted by atomic mass is 16.7. The first-order valence-corrected chi connectivity index (χ1v) is 7.14. The van der Waals surface area contributed by atoms with Crippen LogP contribution in [-0.2, 0) is 0 Å². The van der Waals surface area contributed by atoms with E-state index in [1.165, 1.54) is 32.1 Å². The Balaban J connectivity index is 1.56. The molecular weight excluding hydrogens is 242 g/mol. The molecule has 2 aliphatic rings. The van der Waals surface area contributed by atoms with E-state index >= 15 is 0 Å². The Morgan fingerprint density at radius 2 is 1.95 bits per heavy atom. The topological polar surface area (TPSA) is 50.7 Å². The molecule has 104 valence electrons. The number of hydrogen-bond acceptors (Lipinski definition) is 4. The number of hydrogen-bond donors (Lipinski definition) is 2. The van der Waals surface area contributed by atoms with E-state index in [1.807, 2.05) is 18.2 Å². The van der Waals surface area contributed by atoms with Gasteiger partial charge in [-0.1, -0.05) is 25.3 Å². The van der Waals surface area contributed by atoms with Crippen molar-refractivity contribution in [3.8, 4) is 11.5 Å². The van der Waals surface area contributed by atoms with Gasteiger partial charge < -0.3 is 19.9 Å². The third kappa shape index (κ3) is 3.01. The highest BCUT2D eigenvalue weighted by molar-refractivity contribution is 5.45. The Morgan fingerprint density at radius 3 is 2.79 bits per heavy atom. The van der Waals surface area contributed by atoms with Gasteiger partial charge >= 0.3 is 0 Å². The summed E-state index contributed by atoms with van der Waals surface area (Å²) in [5, 5.41) is 13.7. The lowest BCUT2D eigenvalue weighted by Crippen LogP contribution is -2.34. The molecule has 0 saturated heterocycles. The van der Waals surface area contributed by atoms with Crippen LogP contribution in [-0.4, -0.2) is 24.5 Å². The van der Waals surface area contributed by atoms with Crippen LogP contribution >= 0.6 is 0 Å². The molecule has 3 rings (SSSR count). The Hall–Kier alpha value is -1.26. The van der Waals surface area contributed by atoms with Crippen molar-refractivity contribution in [2.45, 2.75) is 44.2 Å². The summed E-state index contributed by atoms with van der Waals surface area (Å²) in [5.74, 6) is 1.49. The fourth-order valence-corrected chi connectivity index (χ4v) is 2.82. The second-order valence-electron chi connectivity index (χ2n) is 5.37. The summed E-state index contributed by atoms with van der Waals surface area (Å²) in [5.41, 5.74) is 0.882. The van der Waals surface area contributed by atoms with Gasteiger partial charge in [0.05, 0.1) is 6.10 Å². The molecule has 1 unspecified atom stereocenters. The number of rotatable bonds is 4. The Morgan fingerprint density at radius 1 is 1.16 bits per heavy atom. The zero-order chi connectivity index (χ0) is 13.1. The fraction of sp³-hybridized carbons (Fsp3) is 0.600. The lowest BCUT2D eigenvalue weighted by Gasteiger charge is -2.24. The minimum Gasteiger partial charge on any atom is -0.454 e. The maximum absolute atomic E-state index is 10.2. The van der Waals surface area contributed by atoms with Crippen molar-refractivity contribution in [3.05, 3.63) is 23.8 Å². The predicted molar refractivity (Wildman–Crippen MR) is 72.4 cm³/mol. The van der Waals surface area contributed by atoms with E-state index in [9.17, 15) is 5.11 Å². The zero-order valence-corrected chi connectivity index (χ0v) is 11.1. The molecule has 1 saturated carbocycles. The molecule has 1 heterocycles. The van der Waals surface area contributed by atoms with Crippen molar-refractivity contribution >= 4 is 0 Å². The van der Waals surface area contributed by atoms with E-state index in [2.05, 4.69) is 5.32 Å². The first kappa shape index (κ1) is 12.8. The van der Waals surface area contributed by atoms with Crippen molar-refractivity contribution in [2.75, 3.05) is 13.3 Å². The molecule has 4 nitrogen and oxygen atoms in total. The minimum atomic E-state index is -0.489. The number of aliphatic hydroxyl groups is 1. The van der Waals surface area contributed by atoms with Gasteiger partial charge in [0, 0.05) is 12.6 Å². The van der Waals surface area contributed by atoms with Crippen LogP contribution in [0.2, 0.25) is 0 Å². The summed E-state index contributed by atoms with van der Waals surface area (Å²) >= 11 is 0. The van der Waals surface area contributed by atoms with E-state index in [4.69, 9.17) is 9.47 Å². The Labute approximate surface area is 113 Å². The second kappa shape index (κ2) is 5.80. The van der Waals surface area contributed by atoms with E-state index in [0.29, 0.717) is 12.6 Å². The monoisotopic (exact) mass is 263 g/mol. The standard InChI is InChI=1S/C15H21NO3/c17-13(9-16-12-4-2-1-3-5-12)11-6-7-14-15(8-11)19-10-18-14/h6-8,12-13,16-17H,1-5,9-10H2. The van der Waals surface area contributed by atoms with Crippen LogP contribution in [0, 0.1) is 0 Å². The van der Waals surface area contributed by atoms with Gasteiger partial charge in [0.2, 0.25) is 6.79 Å². The molecule has 1 aliphatic heterocycles. The van der Waals surface area contributed by atoms with Crippen molar-refractivity contribution < 1.29 is 14.6 Å². The first-order chi connectivity index (χ1) is 9.33. The van der Waals surface area contributed by atoms with Gasteiger partial charge in [-0.2, -0.15) is 0 Å². The van der Waals surface area contributed by atoms with E-state index in [-0.39, 0.29) is 6.79 Å². The molecule has 0 amide bonds. The average molecular weight is 263 g/mol. The number of ether oxygens (including phenoxy) is 2. The molecule has 1 aliphatic carbocycles. The van der Waals surface area contributed by atoms with Crippen LogP contribution in [0.15, 0.2) is 18.2 Å². The lowest BCUT2D eigenvalue weighted by molar-refractivity contribution is 0.164. The molecule has 1 fully saturated rings. The third-order valence-corrected chi connectivity index (χ3v) is 3.99. The Kier molecular flexibility index (Phi) is 3.89.